The van der Waals surface area contributed by atoms with Gasteiger partial charge in [-0.25, -0.2) is 9.97 Å². The van der Waals surface area contributed by atoms with Crippen molar-refractivity contribution in [3.63, 3.8) is 0 Å². The third-order valence-corrected chi connectivity index (χ3v) is 2.28. The molecule has 2 aromatic heterocycles. The first kappa shape index (κ1) is 12.1. The maximum atomic E-state index is 5.25. The summed E-state index contributed by atoms with van der Waals surface area (Å²) in [6.45, 7) is 0.610. The van der Waals surface area contributed by atoms with E-state index in [1.807, 2.05) is 0 Å². The molecule has 0 aliphatic heterocycles. The molecule has 0 aromatic carbocycles. The van der Waals surface area contributed by atoms with E-state index < -0.39 is 0 Å². The zero-order chi connectivity index (χ0) is 12.8. The molecule has 0 saturated carbocycles. The highest BCUT2D eigenvalue weighted by Gasteiger charge is 2.10. The minimum absolute atomic E-state index is 0.573. The van der Waals surface area contributed by atoms with Crippen LogP contribution in [0.25, 0.3) is 0 Å². The Hall–Kier alpha value is -2.38. The smallest absolute Gasteiger partial charge is 0.228 e. The van der Waals surface area contributed by atoms with E-state index in [2.05, 4.69) is 30.7 Å². The van der Waals surface area contributed by atoms with Crippen molar-refractivity contribution in [2.24, 2.45) is 0 Å². The predicted octanol–water partition coefficient (Wildman–Crippen LogP) is 0.564. The van der Waals surface area contributed by atoms with Gasteiger partial charge in [0.25, 0.3) is 0 Å². The number of aromatic nitrogens is 4. The van der Waals surface area contributed by atoms with Crippen molar-refractivity contribution in [3.05, 3.63) is 18.5 Å². The first-order chi connectivity index (χ1) is 8.85. The molecule has 8 heteroatoms. The third-order valence-electron chi connectivity index (χ3n) is 2.28. The molecule has 0 bridgehead atoms. The first-order valence-corrected chi connectivity index (χ1v) is 5.41. The zero-order valence-corrected chi connectivity index (χ0v) is 10.2. The maximum Gasteiger partial charge on any atom is 0.228 e. The van der Waals surface area contributed by atoms with Gasteiger partial charge in [-0.05, 0) is 0 Å². The van der Waals surface area contributed by atoms with Gasteiger partial charge < -0.3 is 19.9 Å². The summed E-state index contributed by atoms with van der Waals surface area (Å²) in [4.78, 5) is 12.1. The number of anilines is 2. The molecule has 2 N–H and O–H groups in total. The molecule has 8 nitrogen and oxygen atoms in total. The number of methoxy groups -OCH3 is 1. The van der Waals surface area contributed by atoms with E-state index in [-0.39, 0.29) is 0 Å². The minimum Gasteiger partial charge on any atom is -0.490 e. The minimum atomic E-state index is 0.573. The monoisotopic (exact) mass is 250 g/mol. The van der Waals surface area contributed by atoms with Crippen molar-refractivity contribution in [1.29, 1.82) is 0 Å². The van der Waals surface area contributed by atoms with Crippen molar-refractivity contribution in [3.8, 4) is 5.75 Å². The van der Waals surface area contributed by atoms with Crippen LogP contribution in [0.2, 0.25) is 0 Å². The van der Waals surface area contributed by atoms with Crippen molar-refractivity contribution in [1.82, 2.24) is 20.1 Å². The van der Waals surface area contributed by atoms with Gasteiger partial charge in [-0.1, -0.05) is 5.16 Å². The molecule has 0 atom stereocenters. The Morgan fingerprint density at radius 1 is 1.22 bits per heavy atom. The highest BCUT2D eigenvalue weighted by atomic mass is 16.5. The molecular formula is C10H14N6O2. The fraction of sp³-hybridized carbons (Fsp3) is 0.400. The molecule has 0 aliphatic rings. The second-order valence-electron chi connectivity index (χ2n) is 3.37. The lowest BCUT2D eigenvalue weighted by atomic mass is 10.4. The van der Waals surface area contributed by atoms with Crippen LogP contribution in [-0.2, 0) is 6.42 Å². The fourth-order valence-electron chi connectivity index (χ4n) is 1.47. The lowest BCUT2D eigenvalue weighted by Gasteiger charge is -2.11. The fourth-order valence-corrected chi connectivity index (χ4v) is 1.47. The van der Waals surface area contributed by atoms with Gasteiger partial charge in [0, 0.05) is 20.0 Å². The first-order valence-electron chi connectivity index (χ1n) is 5.41. The number of nitrogens with zero attached hydrogens (tertiary/aromatic N) is 4. The molecule has 2 heterocycles. The van der Waals surface area contributed by atoms with Crippen LogP contribution in [0.1, 0.15) is 5.89 Å². The Morgan fingerprint density at radius 2 is 2.06 bits per heavy atom. The summed E-state index contributed by atoms with van der Waals surface area (Å²) in [7, 11) is 3.34. The Morgan fingerprint density at radius 3 is 2.72 bits per heavy atom. The van der Waals surface area contributed by atoms with Crippen molar-refractivity contribution < 1.29 is 9.26 Å². The quantitative estimate of drug-likeness (QED) is 0.767. The van der Waals surface area contributed by atoms with Gasteiger partial charge in [-0.2, -0.15) is 4.98 Å². The van der Waals surface area contributed by atoms with Crippen LogP contribution >= 0.6 is 0 Å². The van der Waals surface area contributed by atoms with Gasteiger partial charge in [0.05, 0.1) is 7.11 Å². The molecule has 0 amide bonds. The molecule has 2 aromatic rings. The van der Waals surface area contributed by atoms with E-state index in [0.717, 1.165) is 0 Å². The standard InChI is InChI=1S/C10H14N6O2/c1-11-9-8(17-2)10(15-5-14-9)12-4-3-7-13-6-16-18-7/h5-6H,3-4H2,1-2H3,(H2,11,12,14,15). The predicted molar refractivity (Wildman–Crippen MR) is 64.6 cm³/mol. The maximum absolute atomic E-state index is 5.25. The molecule has 0 radical (unpaired) electrons. The van der Waals surface area contributed by atoms with Gasteiger partial charge in [-0.3, -0.25) is 0 Å². The van der Waals surface area contributed by atoms with E-state index in [9.17, 15) is 0 Å². The van der Waals surface area contributed by atoms with Gasteiger partial charge >= 0.3 is 0 Å². The zero-order valence-electron chi connectivity index (χ0n) is 10.2. The van der Waals surface area contributed by atoms with Crippen LogP contribution in [-0.4, -0.2) is 40.8 Å². The molecule has 0 unspecified atom stereocenters. The molecule has 0 aliphatic carbocycles. The molecule has 0 saturated heterocycles. The lowest BCUT2D eigenvalue weighted by Crippen LogP contribution is -2.09. The number of hydrogen-bond donors (Lipinski definition) is 2. The SMILES string of the molecule is CNc1ncnc(NCCc2ncno2)c1OC. The van der Waals surface area contributed by atoms with Crippen molar-refractivity contribution in [2.75, 3.05) is 31.3 Å². The summed E-state index contributed by atoms with van der Waals surface area (Å²) in [5.41, 5.74) is 0. The summed E-state index contributed by atoms with van der Waals surface area (Å²) in [5.74, 6) is 2.40. The van der Waals surface area contributed by atoms with Gasteiger partial charge in [0.15, 0.2) is 18.0 Å². The number of ether oxygens (including phenoxy) is 1. The molecule has 18 heavy (non-hydrogen) atoms. The van der Waals surface area contributed by atoms with E-state index in [1.165, 1.54) is 12.7 Å². The summed E-state index contributed by atoms with van der Waals surface area (Å²) < 4.78 is 10.1. The van der Waals surface area contributed by atoms with Crippen molar-refractivity contribution >= 4 is 11.6 Å². The van der Waals surface area contributed by atoms with E-state index in [1.54, 1.807) is 14.2 Å². The molecule has 0 spiro atoms. The van der Waals surface area contributed by atoms with Crippen LogP contribution in [0.4, 0.5) is 11.6 Å². The van der Waals surface area contributed by atoms with Crippen molar-refractivity contribution in [2.45, 2.75) is 6.42 Å². The largest absolute Gasteiger partial charge is 0.490 e. The summed E-state index contributed by atoms with van der Waals surface area (Å²) in [6, 6.07) is 0. The molecular weight excluding hydrogens is 236 g/mol. The Bertz CT molecular complexity index is 487. The number of nitrogens with one attached hydrogen (secondary N) is 2. The summed E-state index contributed by atoms with van der Waals surface area (Å²) in [6.07, 6.45) is 3.45. The topological polar surface area (TPSA) is 98.0 Å². The van der Waals surface area contributed by atoms with Crippen LogP contribution in [0.3, 0.4) is 0 Å². The summed E-state index contributed by atoms with van der Waals surface area (Å²) in [5, 5.41) is 9.60. The summed E-state index contributed by atoms with van der Waals surface area (Å²) >= 11 is 0. The highest BCUT2D eigenvalue weighted by Crippen LogP contribution is 2.28. The Labute approximate surface area is 104 Å². The lowest BCUT2D eigenvalue weighted by molar-refractivity contribution is 0.379. The highest BCUT2D eigenvalue weighted by molar-refractivity contribution is 5.63. The molecule has 2 rings (SSSR count). The number of rotatable bonds is 6. The average Bonchev–Trinajstić information content (AvgIpc) is 2.91. The van der Waals surface area contributed by atoms with Crippen LogP contribution in [0.5, 0.6) is 5.75 Å². The van der Waals surface area contributed by atoms with Gasteiger partial charge in [-0.15, -0.1) is 0 Å². The average molecular weight is 250 g/mol. The van der Waals surface area contributed by atoms with Gasteiger partial charge in [0.1, 0.15) is 6.33 Å². The van der Waals surface area contributed by atoms with E-state index in [4.69, 9.17) is 9.26 Å². The number of hydrogen-bond acceptors (Lipinski definition) is 8. The molecule has 0 fully saturated rings. The second-order valence-corrected chi connectivity index (χ2v) is 3.37. The van der Waals surface area contributed by atoms with Crippen LogP contribution < -0.4 is 15.4 Å². The second kappa shape index (κ2) is 5.80. The van der Waals surface area contributed by atoms with E-state index >= 15 is 0 Å². The van der Waals surface area contributed by atoms with Crippen LogP contribution in [0, 0.1) is 0 Å². The molecule has 96 valence electrons. The normalized spacial score (nSPS) is 10.1. The van der Waals surface area contributed by atoms with Gasteiger partial charge in [0.2, 0.25) is 11.6 Å². The van der Waals surface area contributed by atoms with Crippen LogP contribution in [0.15, 0.2) is 17.2 Å². The Kier molecular flexibility index (Phi) is 3.90. The third kappa shape index (κ3) is 2.65. The van der Waals surface area contributed by atoms with E-state index in [0.29, 0.717) is 36.2 Å². The Balaban J connectivity index is 2.00.